The molecule has 1 fully saturated rings. The third-order valence-electron chi connectivity index (χ3n) is 2.80. The SMILES string of the molecule is NCCC(=O)N1CCCC(CNS(N)(=O)=O)C1. The van der Waals surface area contributed by atoms with E-state index in [9.17, 15) is 13.2 Å². The van der Waals surface area contributed by atoms with Crippen molar-refractivity contribution in [3.05, 3.63) is 0 Å². The van der Waals surface area contributed by atoms with Crippen molar-refractivity contribution in [2.75, 3.05) is 26.2 Å². The molecule has 0 aromatic rings. The van der Waals surface area contributed by atoms with E-state index < -0.39 is 10.2 Å². The van der Waals surface area contributed by atoms with Crippen molar-refractivity contribution < 1.29 is 13.2 Å². The number of hydrogen-bond acceptors (Lipinski definition) is 4. The minimum absolute atomic E-state index is 0.0350. The van der Waals surface area contributed by atoms with Gasteiger partial charge in [-0.3, -0.25) is 4.79 Å². The Balaban J connectivity index is 2.41. The van der Waals surface area contributed by atoms with Gasteiger partial charge < -0.3 is 10.6 Å². The summed E-state index contributed by atoms with van der Waals surface area (Å²) in [7, 11) is -3.64. The van der Waals surface area contributed by atoms with E-state index in [0.29, 0.717) is 19.5 Å². The van der Waals surface area contributed by atoms with Crippen LogP contribution in [-0.2, 0) is 15.0 Å². The number of nitrogens with zero attached hydrogens (tertiary/aromatic N) is 1. The third-order valence-corrected chi connectivity index (χ3v) is 3.37. The first kappa shape index (κ1) is 14.4. The van der Waals surface area contributed by atoms with Crippen LogP contribution in [0.15, 0.2) is 0 Å². The molecule has 0 spiro atoms. The van der Waals surface area contributed by atoms with E-state index in [4.69, 9.17) is 10.9 Å². The lowest BCUT2D eigenvalue weighted by molar-refractivity contribution is -0.132. The number of nitrogens with two attached hydrogens (primary N) is 2. The van der Waals surface area contributed by atoms with E-state index in [1.807, 2.05) is 0 Å². The number of likely N-dealkylation sites (tertiary alicyclic amines) is 1. The number of amides is 1. The average Bonchev–Trinajstić information content (AvgIpc) is 2.26. The second-order valence-corrected chi connectivity index (χ2v) is 5.66. The zero-order valence-corrected chi connectivity index (χ0v) is 10.6. The van der Waals surface area contributed by atoms with E-state index in [1.165, 1.54) is 0 Å². The van der Waals surface area contributed by atoms with Crippen molar-refractivity contribution >= 4 is 16.1 Å². The van der Waals surface area contributed by atoms with Crippen LogP contribution in [0.4, 0.5) is 0 Å². The van der Waals surface area contributed by atoms with Gasteiger partial charge in [-0.2, -0.15) is 8.42 Å². The lowest BCUT2D eigenvalue weighted by Gasteiger charge is -2.32. The van der Waals surface area contributed by atoms with Crippen LogP contribution in [-0.4, -0.2) is 45.4 Å². The summed E-state index contributed by atoms with van der Waals surface area (Å²) in [6, 6.07) is 0. The van der Waals surface area contributed by atoms with Gasteiger partial charge in [-0.1, -0.05) is 0 Å². The lowest BCUT2D eigenvalue weighted by atomic mass is 9.98. The third kappa shape index (κ3) is 5.44. The van der Waals surface area contributed by atoms with Gasteiger partial charge in [-0.25, -0.2) is 9.86 Å². The van der Waals surface area contributed by atoms with Gasteiger partial charge in [-0.05, 0) is 18.8 Å². The van der Waals surface area contributed by atoms with Crippen molar-refractivity contribution in [1.29, 1.82) is 0 Å². The summed E-state index contributed by atoms with van der Waals surface area (Å²) in [6.45, 7) is 1.92. The molecule has 0 bridgehead atoms. The lowest BCUT2D eigenvalue weighted by Crippen LogP contribution is -2.45. The van der Waals surface area contributed by atoms with Gasteiger partial charge in [0.05, 0.1) is 0 Å². The predicted octanol–water partition coefficient (Wildman–Crippen LogP) is -1.63. The molecule has 0 saturated carbocycles. The van der Waals surface area contributed by atoms with Gasteiger partial charge >= 0.3 is 0 Å². The molecule has 1 unspecified atom stereocenters. The Morgan fingerprint density at radius 1 is 1.47 bits per heavy atom. The molecule has 1 rings (SSSR count). The summed E-state index contributed by atoms with van der Waals surface area (Å²) in [5.41, 5.74) is 5.33. The highest BCUT2D eigenvalue weighted by Crippen LogP contribution is 2.16. The molecule has 5 N–H and O–H groups in total. The molecule has 1 heterocycles. The van der Waals surface area contributed by atoms with Crippen LogP contribution in [0, 0.1) is 5.92 Å². The molecule has 0 aromatic carbocycles. The summed E-state index contributed by atoms with van der Waals surface area (Å²) in [4.78, 5) is 13.4. The van der Waals surface area contributed by atoms with E-state index in [1.54, 1.807) is 4.90 Å². The molecule has 1 atom stereocenters. The maximum atomic E-state index is 11.6. The Morgan fingerprint density at radius 3 is 2.76 bits per heavy atom. The highest BCUT2D eigenvalue weighted by atomic mass is 32.2. The molecule has 1 aliphatic heterocycles. The number of piperidine rings is 1. The first-order chi connectivity index (χ1) is 7.92. The largest absolute Gasteiger partial charge is 0.342 e. The number of carbonyl (C=O) groups is 1. The number of rotatable bonds is 5. The van der Waals surface area contributed by atoms with Gasteiger partial charge in [0, 0.05) is 32.6 Å². The molecule has 0 aromatic heterocycles. The fourth-order valence-electron chi connectivity index (χ4n) is 1.97. The fourth-order valence-corrected chi connectivity index (χ4v) is 2.44. The second kappa shape index (κ2) is 6.29. The van der Waals surface area contributed by atoms with Crippen LogP contribution in [0.5, 0.6) is 0 Å². The molecule has 100 valence electrons. The number of hydrogen-bond donors (Lipinski definition) is 3. The van der Waals surface area contributed by atoms with Gasteiger partial charge in [0.15, 0.2) is 0 Å². The Morgan fingerprint density at radius 2 is 2.18 bits per heavy atom. The van der Waals surface area contributed by atoms with E-state index in [2.05, 4.69) is 4.72 Å². The smallest absolute Gasteiger partial charge is 0.274 e. The molecule has 8 heteroatoms. The minimum atomic E-state index is -3.64. The van der Waals surface area contributed by atoms with Crippen LogP contribution in [0.2, 0.25) is 0 Å². The maximum absolute atomic E-state index is 11.6. The number of nitrogens with one attached hydrogen (secondary N) is 1. The molecule has 17 heavy (non-hydrogen) atoms. The Kier molecular flexibility index (Phi) is 5.31. The van der Waals surface area contributed by atoms with Crippen LogP contribution in [0.25, 0.3) is 0 Å². The van der Waals surface area contributed by atoms with Crippen LogP contribution < -0.4 is 15.6 Å². The van der Waals surface area contributed by atoms with E-state index >= 15 is 0 Å². The summed E-state index contributed by atoms with van der Waals surface area (Å²) < 4.78 is 23.8. The standard InChI is InChI=1S/C9H20N4O3S/c10-4-3-9(14)13-5-1-2-8(7-13)6-12-17(11,15)16/h8,12H,1-7,10H2,(H2,11,15,16). The van der Waals surface area contributed by atoms with Gasteiger partial charge in [0.25, 0.3) is 10.2 Å². The molecule has 7 nitrogen and oxygen atoms in total. The maximum Gasteiger partial charge on any atom is 0.274 e. The van der Waals surface area contributed by atoms with E-state index in [0.717, 1.165) is 19.4 Å². The van der Waals surface area contributed by atoms with Crippen molar-refractivity contribution in [1.82, 2.24) is 9.62 Å². The topological polar surface area (TPSA) is 119 Å². The Labute approximate surface area is 102 Å². The first-order valence-electron chi connectivity index (χ1n) is 5.67. The predicted molar refractivity (Wildman–Crippen MR) is 64.1 cm³/mol. The van der Waals surface area contributed by atoms with Gasteiger partial charge in [0.1, 0.15) is 0 Å². The Bertz CT molecular complexity index is 357. The van der Waals surface area contributed by atoms with Crippen LogP contribution >= 0.6 is 0 Å². The molecule has 0 aliphatic carbocycles. The Hall–Kier alpha value is -0.700. The minimum Gasteiger partial charge on any atom is -0.342 e. The normalized spacial score (nSPS) is 21.5. The fraction of sp³-hybridized carbons (Fsp3) is 0.889. The monoisotopic (exact) mass is 264 g/mol. The van der Waals surface area contributed by atoms with Crippen LogP contribution in [0.1, 0.15) is 19.3 Å². The van der Waals surface area contributed by atoms with E-state index in [-0.39, 0.29) is 18.4 Å². The highest BCUT2D eigenvalue weighted by Gasteiger charge is 2.23. The zero-order chi connectivity index (χ0) is 12.9. The van der Waals surface area contributed by atoms with Crippen LogP contribution in [0.3, 0.4) is 0 Å². The van der Waals surface area contributed by atoms with Gasteiger partial charge in [-0.15, -0.1) is 0 Å². The van der Waals surface area contributed by atoms with Crippen molar-refractivity contribution in [2.24, 2.45) is 16.8 Å². The molecule has 1 amide bonds. The van der Waals surface area contributed by atoms with Crippen molar-refractivity contribution in [3.63, 3.8) is 0 Å². The molecular formula is C9H20N4O3S. The summed E-state index contributed by atoms with van der Waals surface area (Å²) in [5, 5.41) is 4.86. The van der Waals surface area contributed by atoms with Crippen molar-refractivity contribution in [3.8, 4) is 0 Å². The quantitative estimate of drug-likeness (QED) is 0.552. The molecule has 0 radical (unpaired) electrons. The zero-order valence-electron chi connectivity index (χ0n) is 9.76. The first-order valence-corrected chi connectivity index (χ1v) is 7.22. The van der Waals surface area contributed by atoms with Gasteiger partial charge in [0.2, 0.25) is 5.91 Å². The molecule has 1 aliphatic rings. The summed E-state index contributed by atoms with van der Waals surface area (Å²) in [6.07, 6.45) is 2.12. The highest BCUT2D eigenvalue weighted by molar-refractivity contribution is 7.87. The second-order valence-electron chi connectivity index (χ2n) is 4.28. The van der Waals surface area contributed by atoms with Crippen molar-refractivity contribution in [2.45, 2.75) is 19.3 Å². The molecule has 1 saturated heterocycles. The summed E-state index contributed by atoms with van der Waals surface area (Å²) >= 11 is 0. The number of carbonyl (C=O) groups excluding carboxylic acids is 1. The average molecular weight is 264 g/mol. The molecular weight excluding hydrogens is 244 g/mol. The summed E-state index contributed by atoms with van der Waals surface area (Å²) in [5.74, 6) is 0.164.